The zero-order valence-corrected chi connectivity index (χ0v) is 12.7. The third kappa shape index (κ3) is 4.45. The van der Waals surface area contributed by atoms with Gasteiger partial charge in [-0.2, -0.15) is 0 Å². The first-order valence-corrected chi connectivity index (χ1v) is 6.70. The molecule has 0 bridgehead atoms. The minimum absolute atomic E-state index is 0.143. The van der Waals surface area contributed by atoms with Crippen LogP contribution in [0.15, 0.2) is 0 Å². The monoisotopic (exact) mass is 280 g/mol. The molecule has 0 unspecified atom stereocenters. The number of aromatic nitrogens is 1. The highest BCUT2D eigenvalue weighted by Crippen LogP contribution is 2.27. The minimum atomic E-state index is -0.717. The molecule has 1 amide bonds. The average molecular weight is 280 g/mol. The lowest BCUT2D eigenvalue weighted by molar-refractivity contribution is 0.0934. The van der Waals surface area contributed by atoms with E-state index in [-0.39, 0.29) is 17.3 Å². The number of carbonyl (C=O) groups excluding carboxylic acids is 1. The lowest BCUT2D eigenvalue weighted by Gasteiger charge is -2.19. The zero-order valence-electron chi connectivity index (χ0n) is 11.9. The Bertz CT molecular complexity index is 520. The summed E-state index contributed by atoms with van der Waals surface area (Å²) in [5.74, 6) is 2.41. The number of nitrogens with one attached hydrogen (secondary N) is 2. The zero-order chi connectivity index (χ0) is 14.8. The van der Waals surface area contributed by atoms with Crippen LogP contribution in [-0.4, -0.2) is 22.0 Å². The second-order valence-corrected chi connectivity index (χ2v) is 6.83. The molecule has 6 heteroatoms. The van der Waals surface area contributed by atoms with Crippen molar-refractivity contribution in [1.82, 2.24) is 10.3 Å². The summed E-state index contributed by atoms with van der Waals surface area (Å²) >= 11 is 1.22. The van der Waals surface area contributed by atoms with Crippen molar-refractivity contribution in [2.45, 2.75) is 45.7 Å². The Kier molecular flexibility index (Phi) is 4.11. The fraction of sp³-hybridized carbons (Fsp3) is 0.538. The van der Waals surface area contributed by atoms with Gasteiger partial charge in [-0.15, -0.1) is 6.42 Å². The Hall–Kier alpha value is -1.74. The number of terminal acetylenes is 1. The summed E-state index contributed by atoms with van der Waals surface area (Å²) in [5.41, 5.74) is 4.91. The van der Waals surface area contributed by atoms with Crippen LogP contribution in [-0.2, 0) is 0 Å². The largest absolute Gasteiger partial charge is 0.382 e. The molecule has 0 aliphatic rings. The molecule has 104 valence electrons. The van der Waals surface area contributed by atoms with Gasteiger partial charge in [-0.3, -0.25) is 4.79 Å². The van der Waals surface area contributed by atoms with Crippen molar-refractivity contribution in [1.29, 1.82) is 0 Å². The predicted octanol–water partition coefficient (Wildman–Crippen LogP) is 2.08. The number of nitrogen functional groups attached to an aromatic ring is 1. The summed E-state index contributed by atoms with van der Waals surface area (Å²) in [5, 5.41) is 6.53. The lowest BCUT2D eigenvalue weighted by Crippen LogP contribution is -2.42. The van der Waals surface area contributed by atoms with E-state index in [9.17, 15) is 4.79 Å². The highest BCUT2D eigenvalue weighted by molar-refractivity contribution is 7.18. The number of rotatable bonds is 3. The van der Waals surface area contributed by atoms with Crippen LogP contribution in [0, 0.1) is 12.3 Å². The van der Waals surface area contributed by atoms with E-state index in [4.69, 9.17) is 12.2 Å². The number of nitrogens with two attached hydrogens (primary N) is 1. The van der Waals surface area contributed by atoms with Gasteiger partial charge in [0.15, 0.2) is 5.13 Å². The molecule has 0 aliphatic carbocycles. The van der Waals surface area contributed by atoms with E-state index >= 15 is 0 Å². The Balaban J connectivity index is 2.91. The van der Waals surface area contributed by atoms with Crippen LogP contribution in [0.25, 0.3) is 0 Å². The van der Waals surface area contributed by atoms with Crippen LogP contribution in [0.5, 0.6) is 0 Å². The lowest BCUT2D eigenvalue weighted by atomic mass is 10.1. The summed E-state index contributed by atoms with van der Waals surface area (Å²) in [7, 11) is 0. The first kappa shape index (κ1) is 15.3. The molecule has 1 aromatic heterocycles. The molecule has 0 saturated carbocycles. The Labute approximate surface area is 118 Å². The van der Waals surface area contributed by atoms with Gasteiger partial charge >= 0.3 is 0 Å². The second-order valence-electron chi connectivity index (χ2n) is 5.83. The van der Waals surface area contributed by atoms with Crippen molar-refractivity contribution in [2.24, 2.45) is 0 Å². The maximum absolute atomic E-state index is 12.1. The molecule has 0 radical (unpaired) electrons. The van der Waals surface area contributed by atoms with E-state index in [1.807, 2.05) is 20.8 Å². The van der Waals surface area contributed by atoms with Gasteiger partial charge < -0.3 is 16.4 Å². The minimum Gasteiger partial charge on any atom is -0.382 e. The van der Waals surface area contributed by atoms with Crippen molar-refractivity contribution in [3.63, 3.8) is 0 Å². The molecule has 19 heavy (non-hydrogen) atoms. The number of hydrogen-bond donors (Lipinski definition) is 3. The average Bonchev–Trinajstić information content (AvgIpc) is 2.56. The van der Waals surface area contributed by atoms with Crippen LogP contribution in [0.2, 0.25) is 0 Å². The quantitative estimate of drug-likeness (QED) is 0.741. The van der Waals surface area contributed by atoms with Crippen LogP contribution >= 0.6 is 11.3 Å². The highest BCUT2D eigenvalue weighted by Gasteiger charge is 2.23. The molecule has 1 aromatic rings. The molecular formula is C13H20N4OS. The van der Waals surface area contributed by atoms with Crippen molar-refractivity contribution >= 4 is 28.2 Å². The predicted molar refractivity (Wildman–Crippen MR) is 80.3 cm³/mol. The summed E-state index contributed by atoms with van der Waals surface area (Å²) < 4.78 is 0. The molecule has 0 aliphatic heterocycles. The van der Waals surface area contributed by atoms with Gasteiger partial charge in [-0.25, -0.2) is 4.98 Å². The number of nitrogens with zero attached hydrogens (tertiary/aromatic N) is 1. The standard InChI is InChI=1S/C13H20N4OS/c1-7-13(5,6)16-10(18)8-9(14)15-11(19-8)17-12(2,3)4/h1H,14H2,2-6H3,(H,15,17)(H,16,18). The summed E-state index contributed by atoms with van der Waals surface area (Å²) in [6.07, 6.45) is 5.34. The maximum atomic E-state index is 12.1. The molecule has 0 aromatic carbocycles. The number of amides is 1. The van der Waals surface area contributed by atoms with E-state index < -0.39 is 5.54 Å². The van der Waals surface area contributed by atoms with Crippen LogP contribution in [0.3, 0.4) is 0 Å². The Morgan fingerprint density at radius 3 is 2.42 bits per heavy atom. The smallest absolute Gasteiger partial charge is 0.266 e. The van der Waals surface area contributed by atoms with Crippen molar-refractivity contribution in [2.75, 3.05) is 11.1 Å². The molecule has 0 spiro atoms. The van der Waals surface area contributed by atoms with E-state index in [2.05, 4.69) is 21.5 Å². The van der Waals surface area contributed by atoms with Crippen molar-refractivity contribution in [3.05, 3.63) is 4.88 Å². The Morgan fingerprint density at radius 2 is 1.95 bits per heavy atom. The van der Waals surface area contributed by atoms with E-state index in [0.717, 1.165) is 0 Å². The molecule has 5 nitrogen and oxygen atoms in total. The third-order valence-corrected chi connectivity index (χ3v) is 3.11. The van der Waals surface area contributed by atoms with Gasteiger partial charge in [0.25, 0.3) is 5.91 Å². The van der Waals surface area contributed by atoms with Crippen LogP contribution in [0.4, 0.5) is 10.9 Å². The fourth-order valence-corrected chi connectivity index (χ4v) is 2.23. The number of hydrogen-bond acceptors (Lipinski definition) is 5. The van der Waals surface area contributed by atoms with Gasteiger partial charge in [0.1, 0.15) is 10.7 Å². The molecule has 0 atom stereocenters. The van der Waals surface area contributed by atoms with Gasteiger partial charge in [-0.05, 0) is 34.6 Å². The normalized spacial score (nSPS) is 11.8. The molecule has 4 N–H and O–H groups in total. The summed E-state index contributed by atoms with van der Waals surface area (Å²) in [6, 6.07) is 0. The van der Waals surface area contributed by atoms with Gasteiger partial charge in [0.05, 0.1) is 5.54 Å². The topological polar surface area (TPSA) is 80.0 Å². The number of thiazole rings is 1. The molecule has 1 rings (SSSR count). The molecular weight excluding hydrogens is 260 g/mol. The fourth-order valence-electron chi connectivity index (χ4n) is 1.25. The second kappa shape index (κ2) is 5.10. The highest BCUT2D eigenvalue weighted by atomic mass is 32.1. The summed E-state index contributed by atoms with van der Waals surface area (Å²) in [4.78, 5) is 16.6. The molecule has 0 saturated heterocycles. The van der Waals surface area contributed by atoms with E-state index in [1.165, 1.54) is 11.3 Å². The molecule has 1 heterocycles. The van der Waals surface area contributed by atoms with Gasteiger partial charge in [-0.1, -0.05) is 17.3 Å². The number of anilines is 2. The van der Waals surface area contributed by atoms with E-state index in [0.29, 0.717) is 10.0 Å². The van der Waals surface area contributed by atoms with Gasteiger partial charge in [0.2, 0.25) is 0 Å². The van der Waals surface area contributed by atoms with Crippen LogP contribution < -0.4 is 16.4 Å². The maximum Gasteiger partial charge on any atom is 0.266 e. The van der Waals surface area contributed by atoms with E-state index in [1.54, 1.807) is 13.8 Å². The third-order valence-electron chi connectivity index (χ3n) is 2.13. The number of carbonyl (C=O) groups is 1. The Morgan fingerprint density at radius 1 is 1.37 bits per heavy atom. The first-order chi connectivity index (χ1) is 8.54. The molecule has 0 fully saturated rings. The first-order valence-electron chi connectivity index (χ1n) is 5.89. The SMILES string of the molecule is C#CC(C)(C)NC(=O)c1sc(NC(C)(C)C)nc1N. The summed E-state index contributed by atoms with van der Waals surface area (Å²) in [6.45, 7) is 9.51. The van der Waals surface area contributed by atoms with Gasteiger partial charge in [0, 0.05) is 5.54 Å². The van der Waals surface area contributed by atoms with Crippen LogP contribution in [0.1, 0.15) is 44.3 Å². The van der Waals surface area contributed by atoms with Crippen molar-refractivity contribution < 1.29 is 4.79 Å². The van der Waals surface area contributed by atoms with Crippen molar-refractivity contribution in [3.8, 4) is 12.3 Å².